The molecular weight excluding hydrogens is 284 g/mol. The van der Waals surface area contributed by atoms with Crippen molar-refractivity contribution in [3.05, 3.63) is 55.7 Å². The third-order valence-electron chi connectivity index (χ3n) is 2.44. The van der Waals surface area contributed by atoms with Crippen LogP contribution >= 0.6 is 27.3 Å². The molecule has 3 heteroatoms. The van der Waals surface area contributed by atoms with Gasteiger partial charge in [0.2, 0.25) is 0 Å². The highest BCUT2D eigenvalue weighted by molar-refractivity contribution is 9.10. The van der Waals surface area contributed by atoms with Crippen molar-refractivity contribution in [3.8, 4) is 0 Å². The van der Waals surface area contributed by atoms with E-state index in [0.29, 0.717) is 0 Å². The molecule has 0 fully saturated rings. The fourth-order valence-corrected chi connectivity index (χ4v) is 2.96. The predicted octanol–water partition coefficient (Wildman–Crippen LogP) is 4.22. The van der Waals surface area contributed by atoms with E-state index in [1.54, 1.807) is 11.3 Å². The summed E-state index contributed by atoms with van der Waals surface area (Å²) in [5.41, 5.74) is 2.50. The van der Waals surface area contributed by atoms with Crippen molar-refractivity contribution in [2.45, 2.75) is 13.3 Å². The summed E-state index contributed by atoms with van der Waals surface area (Å²) in [5, 5.41) is 0. The van der Waals surface area contributed by atoms with Crippen molar-refractivity contribution >= 4 is 33.6 Å². The minimum atomic E-state index is 0.808. The van der Waals surface area contributed by atoms with Gasteiger partial charge < -0.3 is 0 Å². The third-order valence-corrected chi connectivity index (χ3v) is 3.95. The smallest absolute Gasteiger partial charge is 0.160 e. The van der Waals surface area contributed by atoms with E-state index in [9.17, 15) is 4.79 Å². The van der Waals surface area contributed by atoms with Gasteiger partial charge in [-0.1, -0.05) is 28.1 Å². The van der Waals surface area contributed by atoms with Crippen molar-refractivity contribution in [2.24, 2.45) is 0 Å². The maximum absolute atomic E-state index is 10.7. The van der Waals surface area contributed by atoms with E-state index in [0.717, 1.165) is 22.1 Å². The number of hydrogen-bond donors (Lipinski definition) is 0. The Morgan fingerprint density at radius 2 is 2.19 bits per heavy atom. The molecule has 82 valence electrons. The highest BCUT2D eigenvalue weighted by atomic mass is 79.9. The van der Waals surface area contributed by atoms with Crippen molar-refractivity contribution < 1.29 is 4.79 Å². The molecule has 0 N–H and O–H groups in total. The lowest BCUT2D eigenvalue weighted by atomic mass is 10.1. The summed E-state index contributed by atoms with van der Waals surface area (Å²) in [6.45, 7) is 2.06. The highest BCUT2D eigenvalue weighted by Crippen LogP contribution is 2.23. The Morgan fingerprint density at radius 1 is 1.38 bits per heavy atom. The summed E-state index contributed by atoms with van der Waals surface area (Å²) in [4.78, 5) is 12.7. The van der Waals surface area contributed by atoms with Crippen molar-refractivity contribution in [1.82, 2.24) is 0 Å². The van der Waals surface area contributed by atoms with Gasteiger partial charge in [-0.2, -0.15) is 0 Å². The summed E-state index contributed by atoms with van der Waals surface area (Å²) < 4.78 is 1.09. The van der Waals surface area contributed by atoms with Crippen LogP contribution in [0.15, 0.2) is 34.8 Å². The lowest BCUT2D eigenvalue weighted by molar-refractivity contribution is 0.112. The van der Waals surface area contributed by atoms with E-state index in [2.05, 4.69) is 35.0 Å². The molecule has 1 aromatic heterocycles. The minimum absolute atomic E-state index is 0.808. The molecular formula is C13H11BrOS. The molecule has 1 aromatic carbocycles. The van der Waals surface area contributed by atoms with Gasteiger partial charge in [0.25, 0.3) is 0 Å². The molecule has 0 unspecified atom stereocenters. The number of halogens is 1. The molecule has 0 saturated heterocycles. The van der Waals surface area contributed by atoms with Gasteiger partial charge in [0.05, 0.1) is 4.88 Å². The van der Waals surface area contributed by atoms with Crippen LogP contribution in [0.25, 0.3) is 0 Å². The Balaban J connectivity index is 2.26. The first-order chi connectivity index (χ1) is 7.69. The number of rotatable bonds is 3. The van der Waals surface area contributed by atoms with Crippen LogP contribution in [0.1, 0.15) is 25.7 Å². The number of aldehydes is 1. The number of carbonyl (C=O) groups is 1. The topological polar surface area (TPSA) is 17.1 Å². The normalized spacial score (nSPS) is 10.4. The van der Waals surface area contributed by atoms with Crippen molar-refractivity contribution in [2.75, 3.05) is 0 Å². The molecule has 1 heterocycles. The molecule has 0 amide bonds. The Morgan fingerprint density at radius 3 is 2.81 bits per heavy atom. The van der Waals surface area contributed by atoms with Crippen LogP contribution in [0.5, 0.6) is 0 Å². The maximum atomic E-state index is 10.7. The van der Waals surface area contributed by atoms with Gasteiger partial charge >= 0.3 is 0 Å². The summed E-state index contributed by atoms with van der Waals surface area (Å²) >= 11 is 5.02. The second-order valence-corrected chi connectivity index (χ2v) is 5.86. The van der Waals surface area contributed by atoms with Crippen LogP contribution in [0.3, 0.4) is 0 Å². The summed E-state index contributed by atoms with van der Waals surface area (Å²) in [7, 11) is 0. The van der Waals surface area contributed by atoms with Gasteiger partial charge in [-0.15, -0.1) is 11.3 Å². The molecule has 0 spiro atoms. The average molecular weight is 295 g/mol. The minimum Gasteiger partial charge on any atom is -0.297 e. The van der Waals surface area contributed by atoms with Crippen LogP contribution in [-0.2, 0) is 6.42 Å². The number of benzene rings is 1. The standard InChI is InChI=1S/C13H11BrOS/c1-9-11(7-13(8-15)16-9)5-10-3-2-4-12(14)6-10/h2-4,6-8H,5H2,1H3. The third kappa shape index (κ3) is 2.60. The molecule has 0 saturated carbocycles. The maximum Gasteiger partial charge on any atom is 0.160 e. The number of aryl methyl sites for hydroxylation is 1. The highest BCUT2D eigenvalue weighted by Gasteiger charge is 2.05. The molecule has 0 radical (unpaired) electrons. The molecule has 0 bridgehead atoms. The first-order valence-corrected chi connectivity index (χ1v) is 6.59. The van der Waals surface area contributed by atoms with Crippen LogP contribution in [0.2, 0.25) is 0 Å². The van der Waals surface area contributed by atoms with Gasteiger partial charge in [0.15, 0.2) is 6.29 Å². The van der Waals surface area contributed by atoms with Crippen LogP contribution in [-0.4, -0.2) is 6.29 Å². The monoisotopic (exact) mass is 294 g/mol. The fourth-order valence-electron chi connectivity index (χ4n) is 1.65. The van der Waals surface area contributed by atoms with E-state index in [1.165, 1.54) is 16.0 Å². The molecule has 0 aliphatic rings. The second-order valence-electron chi connectivity index (χ2n) is 3.65. The second kappa shape index (κ2) is 4.93. The molecule has 0 atom stereocenters. The van der Waals surface area contributed by atoms with E-state index in [-0.39, 0.29) is 0 Å². The van der Waals surface area contributed by atoms with E-state index < -0.39 is 0 Å². The lowest BCUT2D eigenvalue weighted by Gasteiger charge is -2.01. The largest absolute Gasteiger partial charge is 0.297 e. The van der Waals surface area contributed by atoms with Gasteiger partial charge in [0.1, 0.15) is 0 Å². The number of hydrogen-bond acceptors (Lipinski definition) is 2. The average Bonchev–Trinajstić information content (AvgIpc) is 2.60. The first kappa shape index (κ1) is 11.6. The molecule has 16 heavy (non-hydrogen) atoms. The van der Waals surface area contributed by atoms with Crippen molar-refractivity contribution in [3.63, 3.8) is 0 Å². The fraction of sp³-hybridized carbons (Fsp3) is 0.154. The molecule has 1 nitrogen and oxygen atoms in total. The van der Waals surface area contributed by atoms with Crippen molar-refractivity contribution in [1.29, 1.82) is 0 Å². The number of carbonyl (C=O) groups excluding carboxylic acids is 1. The molecule has 0 aliphatic carbocycles. The van der Waals surface area contributed by atoms with Gasteiger partial charge in [-0.3, -0.25) is 4.79 Å². The Labute approximate surface area is 107 Å². The Hall–Kier alpha value is -0.930. The Kier molecular flexibility index (Phi) is 3.56. The molecule has 0 aliphatic heterocycles. The van der Waals surface area contributed by atoms with Gasteiger partial charge in [-0.05, 0) is 42.7 Å². The zero-order valence-corrected chi connectivity index (χ0v) is 11.3. The SMILES string of the molecule is Cc1sc(C=O)cc1Cc1cccc(Br)c1. The first-order valence-electron chi connectivity index (χ1n) is 4.98. The van der Waals surface area contributed by atoms with E-state index in [1.807, 2.05) is 18.2 Å². The quantitative estimate of drug-likeness (QED) is 0.775. The van der Waals surface area contributed by atoms with Crippen LogP contribution in [0.4, 0.5) is 0 Å². The zero-order valence-electron chi connectivity index (χ0n) is 8.87. The predicted molar refractivity (Wildman–Crippen MR) is 71.4 cm³/mol. The summed E-state index contributed by atoms with van der Waals surface area (Å²) in [6, 6.07) is 10.2. The van der Waals surface area contributed by atoms with Crippen LogP contribution < -0.4 is 0 Å². The summed E-state index contributed by atoms with van der Waals surface area (Å²) in [6.07, 6.45) is 1.80. The number of thiophene rings is 1. The lowest BCUT2D eigenvalue weighted by Crippen LogP contribution is -1.87. The van der Waals surface area contributed by atoms with Crippen LogP contribution in [0, 0.1) is 6.92 Å². The van der Waals surface area contributed by atoms with E-state index in [4.69, 9.17) is 0 Å². The Bertz CT molecular complexity index is 516. The summed E-state index contributed by atoms with van der Waals surface area (Å²) in [5.74, 6) is 0. The van der Waals surface area contributed by atoms with Gasteiger partial charge in [-0.25, -0.2) is 0 Å². The van der Waals surface area contributed by atoms with Gasteiger partial charge in [0, 0.05) is 9.35 Å². The van der Waals surface area contributed by atoms with E-state index >= 15 is 0 Å². The zero-order chi connectivity index (χ0) is 11.5. The molecule has 2 aromatic rings. The molecule has 2 rings (SSSR count).